The molecule has 2 fully saturated rings. The molecule has 11 heteroatoms. The van der Waals surface area contributed by atoms with Gasteiger partial charge in [-0.2, -0.15) is 0 Å². The Labute approximate surface area is 136 Å². The van der Waals surface area contributed by atoms with Gasteiger partial charge in [0.2, 0.25) is 0 Å². The Hall–Kier alpha value is -1.40. The first-order chi connectivity index (χ1) is 10.6. The average molecular weight is 439 g/mol. The summed E-state index contributed by atoms with van der Waals surface area (Å²) in [5.41, 5.74) is -4.33. The van der Waals surface area contributed by atoms with Gasteiger partial charge in [-0.3, -0.25) is 0 Å². The van der Waals surface area contributed by atoms with E-state index in [1.165, 1.54) is 13.8 Å². The van der Waals surface area contributed by atoms with Gasteiger partial charge in [0, 0.05) is 0 Å². The molecule has 128 valence electrons. The molecule has 1 spiro atoms. The summed E-state index contributed by atoms with van der Waals surface area (Å²) in [5.74, 6) is -4.74. The molecule has 0 saturated carbocycles. The van der Waals surface area contributed by atoms with Crippen LogP contribution < -0.4 is 0 Å². The summed E-state index contributed by atoms with van der Waals surface area (Å²) in [4.78, 5) is 47.7. The van der Waals surface area contributed by atoms with Crippen molar-refractivity contribution in [3.05, 3.63) is 0 Å². The summed E-state index contributed by atoms with van der Waals surface area (Å²) < 4.78 is 19.4. The Morgan fingerprint density at radius 3 is 1.48 bits per heavy atom. The van der Waals surface area contributed by atoms with Crippen LogP contribution in [-0.4, -0.2) is 65.3 Å². The SMILES string of the molecule is CCC1(O)CC(=O)[O][Sn]2([O]C(=O)CC(O)(CC)C(=O)[O]2)[O]C1=O. The second-order valence-corrected chi connectivity index (χ2v) is 10.5. The van der Waals surface area contributed by atoms with E-state index in [4.69, 9.17) is 12.3 Å². The normalized spacial score (nSPS) is 38.1. The summed E-state index contributed by atoms with van der Waals surface area (Å²) in [5, 5.41) is 20.2. The minimum absolute atomic E-state index is 0.163. The zero-order valence-electron chi connectivity index (χ0n) is 12.5. The fraction of sp³-hybridized carbons (Fsp3) is 0.667. The van der Waals surface area contributed by atoms with Crippen LogP contribution in [0.5, 0.6) is 0 Å². The van der Waals surface area contributed by atoms with Gasteiger partial charge in [-0.25, -0.2) is 0 Å². The van der Waals surface area contributed by atoms with Crippen molar-refractivity contribution in [3.63, 3.8) is 0 Å². The molecule has 23 heavy (non-hydrogen) atoms. The van der Waals surface area contributed by atoms with Gasteiger partial charge < -0.3 is 0 Å². The molecule has 2 N–H and O–H groups in total. The van der Waals surface area contributed by atoms with Gasteiger partial charge in [0.1, 0.15) is 0 Å². The molecular formula is C12H16O10Sn. The first kappa shape index (κ1) is 17.9. The molecule has 0 aromatic carbocycles. The van der Waals surface area contributed by atoms with Gasteiger partial charge in [0.15, 0.2) is 0 Å². The van der Waals surface area contributed by atoms with Crippen LogP contribution in [-0.2, 0) is 31.5 Å². The Kier molecular flexibility index (Phi) is 4.61. The molecule has 2 rings (SSSR count). The number of hydrogen-bond acceptors (Lipinski definition) is 10. The molecule has 2 heterocycles. The van der Waals surface area contributed by atoms with Crippen molar-refractivity contribution in [2.75, 3.05) is 0 Å². The van der Waals surface area contributed by atoms with Gasteiger partial charge >= 0.3 is 136 Å². The topological polar surface area (TPSA) is 146 Å². The van der Waals surface area contributed by atoms with Gasteiger partial charge in [-0.1, -0.05) is 0 Å². The zero-order chi connectivity index (χ0) is 17.5. The third-order valence-electron chi connectivity index (χ3n) is 3.72. The van der Waals surface area contributed by atoms with Gasteiger partial charge in [0.25, 0.3) is 0 Å². The summed E-state index contributed by atoms with van der Waals surface area (Å²) in [6, 6.07) is 0. The van der Waals surface area contributed by atoms with Gasteiger partial charge in [-0.15, -0.1) is 0 Å². The van der Waals surface area contributed by atoms with Crippen molar-refractivity contribution < 1.29 is 41.7 Å². The summed E-state index contributed by atoms with van der Waals surface area (Å²) in [7, 11) is 0. The van der Waals surface area contributed by atoms with E-state index >= 15 is 0 Å². The molecule has 2 atom stereocenters. The van der Waals surface area contributed by atoms with Crippen LogP contribution in [0.15, 0.2) is 0 Å². The fourth-order valence-corrected chi connectivity index (χ4v) is 7.15. The first-order valence-electron chi connectivity index (χ1n) is 6.93. The number of hydrogen-bond donors (Lipinski definition) is 2. The van der Waals surface area contributed by atoms with E-state index < -0.39 is 68.0 Å². The van der Waals surface area contributed by atoms with Gasteiger partial charge in [0.05, 0.1) is 0 Å². The van der Waals surface area contributed by atoms with Crippen LogP contribution in [0.4, 0.5) is 0 Å². The molecule has 10 nitrogen and oxygen atoms in total. The van der Waals surface area contributed by atoms with Crippen LogP contribution in [0.1, 0.15) is 39.5 Å². The molecular weight excluding hydrogens is 423 g/mol. The molecule has 2 unspecified atom stereocenters. The third kappa shape index (κ3) is 3.28. The van der Waals surface area contributed by atoms with E-state index in [0.717, 1.165) is 0 Å². The average Bonchev–Trinajstić information content (AvgIpc) is 2.59. The Morgan fingerprint density at radius 2 is 1.17 bits per heavy atom. The van der Waals surface area contributed by atoms with Crippen molar-refractivity contribution in [2.24, 2.45) is 0 Å². The van der Waals surface area contributed by atoms with E-state index in [0.29, 0.717) is 0 Å². The van der Waals surface area contributed by atoms with Crippen molar-refractivity contribution in [2.45, 2.75) is 50.7 Å². The van der Waals surface area contributed by atoms with E-state index in [9.17, 15) is 29.4 Å². The van der Waals surface area contributed by atoms with Crippen molar-refractivity contribution in [1.29, 1.82) is 0 Å². The molecule has 0 aromatic heterocycles. The summed E-state index contributed by atoms with van der Waals surface area (Å²) >= 11 is -5.75. The Morgan fingerprint density at radius 1 is 0.826 bits per heavy atom. The van der Waals surface area contributed by atoms with Crippen LogP contribution >= 0.6 is 0 Å². The quantitative estimate of drug-likeness (QED) is 0.498. The van der Waals surface area contributed by atoms with Crippen molar-refractivity contribution >= 4 is 43.9 Å². The second kappa shape index (κ2) is 5.91. The van der Waals surface area contributed by atoms with E-state index in [2.05, 4.69) is 0 Å². The van der Waals surface area contributed by atoms with Crippen molar-refractivity contribution in [1.82, 2.24) is 0 Å². The van der Waals surface area contributed by atoms with E-state index in [-0.39, 0.29) is 12.8 Å². The molecule has 2 aliphatic heterocycles. The standard InChI is InChI=1S/2C6H10O5.Sn/c2*1-2-6(11,5(9)10)3-4(7)8;/h2*11H,2-3H2,1H3,(H,7,8)(H,9,10);/q;;+4/p-4. The van der Waals surface area contributed by atoms with Crippen LogP contribution in [0.2, 0.25) is 0 Å². The monoisotopic (exact) mass is 440 g/mol. The van der Waals surface area contributed by atoms with E-state index in [1.807, 2.05) is 0 Å². The Balaban J connectivity index is 2.40. The number of carbonyl (C=O) groups is 4. The molecule has 0 amide bonds. The number of carbonyl (C=O) groups excluding carboxylic acids is 4. The van der Waals surface area contributed by atoms with Crippen molar-refractivity contribution in [3.8, 4) is 0 Å². The maximum absolute atomic E-state index is 12.0. The predicted molar refractivity (Wildman–Crippen MR) is 69.8 cm³/mol. The van der Waals surface area contributed by atoms with Crippen LogP contribution in [0.3, 0.4) is 0 Å². The first-order valence-corrected chi connectivity index (χ1v) is 11.6. The number of rotatable bonds is 2. The molecule has 0 bridgehead atoms. The van der Waals surface area contributed by atoms with Crippen LogP contribution in [0.25, 0.3) is 0 Å². The molecule has 2 aliphatic rings. The maximum atomic E-state index is 12.0. The minimum atomic E-state index is -5.75. The van der Waals surface area contributed by atoms with E-state index in [1.54, 1.807) is 0 Å². The zero-order valence-corrected chi connectivity index (χ0v) is 15.3. The molecule has 0 aromatic rings. The Bertz CT molecular complexity index is 524. The molecule has 2 saturated heterocycles. The van der Waals surface area contributed by atoms with Gasteiger partial charge in [-0.05, 0) is 0 Å². The molecule has 0 radical (unpaired) electrons. The number of aliphatic hydroxyl groups is 2. The fourth-order valence-electron chi connectivity index (χ4n) is 2.05. The predicted octanol–water partition coefficient (Wildman–Crippen LogP) is -1.32. The third-order valence-corrected chi connectivity index (χ3v) is 8.93. The summed E-state index contributed by atoms with van der Waals surface area (Å²) in [6.07, 6.45) is -1.78. The molecule has 0 aliphatic carbocycles. The van der Waals surface area contributed by atoms with Crippen LogP contribution in [0, 0.1) is 0 Å². The second-order valence-electron chi connectivity index (χ2n) is 5.35. The summed E-state index contributed by atoms with van der Waals surface area (Å²) in [6.45, 7) is 2.87.